The third kappa shape index (κ3) is 3.87. The van der Waals surface area contributed by atoms with Gasteiger partial charge < -0.3 is 14.6 Å². The highest BCUT2D eigenvalue weighted by molar-refractivity contribution is 5.43. The highest BCUT2D eigenvalue weighted by atomic mass is 16.5. The van der Waals surface area contributed by atoms with Crippen LogP contribution in [0.3, 0.4) is 0 Å². The first-order valence-electron chi connectivity index (χ1n) is 9.45. The van der Waals surface area contributed by atoms with Gasteiger partial charge in [-0.05, 0) is 47.9 Å². The zero-order valence-corrected chi connectivity index (χ0v) is 15.3. The summed E-state index contributed by atoms with van der Waals surface area (Å²) < 4.78 is 11.5. The minimum absolute atomic E-state index is 0.0757. The zero-order valence-electron chi connectivity index (χ0n) is 15.3. The first kappa shape index (κ1) is 17.4. The first-order chi connectivity index (χ1) is 12.7. The lowest BCUT2D eigenvalue weighted by molar-refractivity contribution is 0.161. The average Bonchev–Trinajstić information content (AvgIpc) is 3.18. The summed E-state index contributed by atoms with van der Waals surface area (Å²) in [5.74, 6) is 2.90. The molecule has 0 aromatic heterocycles. The number of hydrogen-bond donors (Lipinski definition) is 1. The van der Waals surface area contributed by atoms with E-state index in [1.54, 1.807) is 7.11 Å². The number of aliphatic hydroxyl groups excluding tert-OH is 1. The minimum atomic E-state index is -0.0757. The summed E-state index contributed by atoms with van der Waals surface area (Å²) >= 11 is 0. The van der Waals surface area contributed by atoms with E-state index in [-0.39, 0.29) is 6.10 Å². The van der Waals surface area contributed by atoms with Crippen molar-refractivity contribution in [3.05, 3.63) is 59.7 Å². The van der Waals surface area contributed by atoms with Gasteiger partial charge in [0.2, 0.25) is 0 Å². The maximum Gasteiger partial charge on any atom is 0.161 e. The summed E-state index contributed by atoms with van der Waals surface area (Å²) in [4.78, 5) is 2.50. The third-order valence-corrected chi connectivity index (χ3v) is 5.67. The summed E-state index contributed by atoms with van der Waals surface area (Å²) in [5, 5.41) is 9.79. The van der Waals surface area contributed by atoms with E-state index in [2.05, 4.69) is 29.2 Å². The molecular formula is C22H27NO3. The van der Waals surface area contributed by atoms with Crippen molar-refractivity contribution in [3.63, 3.8) is 0 Å². The number of hydrogen-bond acceptors (Lipinski definition) is 4. The molecule has 4 nitrogen and oxygen atoms in total. The number of ether oxygens (including phenoxy) is 2. The quantitative estimate of drug-likeness (QED) is 0.863. The number of aliphatic hydroxyl groups is 1. The van der Waals surface area contributed by atoms with E-state index in [0.29, 0.717) is 18.4 Å². The number of methoxy groups -OCH3 is 1. The van der Waals surface area contributed by atoms with Crippen LogP contribution in [0.1, 0.15) is 24.0 Å². The van der Waals surface area contributed by atoms with Crippen molar-refractivity contribution in [1.82, 2.24) is 4.90 Å². The lowest BCUT2D eigenvalue weighted by Crippen LogP contribution is -2.22. The molecule has 1 aliphatic carbocycles. The fourth-order valence-corrected chi connectivity index (χ4v) is 4.42. The number of benzene rings is 2. The van der Waals surface area contributed by atoms with Gasteiger partial charge in [-0.25, -0.2) is 0 Å². The second kappa shape index (κ2) is 7.68. The number of rotatable bonds is 6. The molecule has 3 atom stereocenters. The van der Waals surface area contributed by atoms with Crippen molar-refractivity contribution in [1.29, 1.82) is 0 Å². The van der Waals surface area contributed by atoms with Crippen molar-refractivity contribution in [2.75, 3.05) is 20.2 Å². The number of likely N-dealkylation sites (tertiary alicyclic amines) is 1. The molecule has 0 radical (unpaired) electrons. The normalized spacial score (nSPS) is 25.2. The highest BCUT2D eigenvalue weighted by Gasteiger charge is 2.39. The van der Waals surface area contributed by atoms with Crippen molar-refractivity contribution >= 4 is 0 Å². The second-order valence-electron chi connectivity index (χ2n) is 7.60. The number of fused-ring (bicyclic) bond motifs is 1. The lowest BCUT2D eigenvalue weighted by Gasteiger charge is -2.19. The van der Waals surface area contributed by atoms with E-state index in [1.165, 1.54) is 5.56 Å². The van der Waals surface area contributed by atoms with Crippen molar-refractivity contribution in [2.24, 2.45) is 11.8 Å². The van der Waals surface area contributed by atoms with Crippen molar-refractivity contribution < 1.29 is 14.6 Å². The molecule has 2 aromatic rings. The molecule has 1 heterocycles. The van der Waals surface area contributed by atoms with Crippen molar-refractivity contribution in [3.8, 4) is 11.5 Å². The molecular weight excluding hydrogens is 326 g/mol. The molecule has 1 N–H and O–H groups in total. The Morgan fingerprint density at radius 2 is 1.69 bits per heavy atom. The largest absolute Gasteiger partial charge is 0.493 e. The second-order valence-corrected chi connectivity index (χ2v) is 7.60. The van der Waals surface area contributed by atoms with Gasteiger partial charge in [0, 0.05) is 19.6 Å². The van der Waals surface area contributed by atoms with Gasteiger partial charge in [0.1, 0.15) is 6.61 Å². The minimum Gasteiger partial charge on any atom is -0.493 e. The van der Waals surface area contributed by atoms with E-state index in [9.17, 15) is 5.11 Å². The Kier molecular flexibility index (Phi) is 5.14. The Hall–Kier alpha value is -2.04. The topological polar surface area (TPSA) is 41.9 Å². The molecule has 2 aromatic carbocycles. The van der Waals surface area contributed by atoms with Gasteiger partial charge in [0.25, 0.3) is 0 Å². The molecule has 4 rings (SSSR count). The Bertz CT molecular complexity index is 719. The Balaban J connectivity index is 1.38. The molecule has 2 aliphatic rings. The van der Waals surface area contributed by atoms with Crippen LogP contribution in [0.4, 0.5) is 0 Å². The third-order valence-electron chi connectivity index (χ3n) is 5.67. The van der Waals surface area contributed by atoms with Gasteiger partial charge in [-0.3, -0.25) is 4.90 Å². The summed E-state index contributed by atoms with van der Waals surface area (Å²) in [6.07, 6.45) is 1.86. The van der Waals surface area contributed by atoms with E-state index in [1.807, 2.05) is 24.3 Å². The Morgan fingerprint density at radius 3 is 2.38 bits per heavy atom. The SMILES string of the molecule is COc1cc(CN2C[C@H]3CC(O)C[C@H]3C2)ccc1OCc1ccccc1. The van der Waals surface area contributed by atoms with Gasteiger partial charge >= 0.3 is 0 Å². The van der Waals surface area contributed by atoms with Crippen LogP contribution in [0.15, 0.2) is 48.5 Å². The van der Waals surface area contributed by atoms with Crippen LogP contribution in [0.25, 0.3) is 0 Å². The summed E-state index contributed by atoms with van der Waals surface area (Å²) in [6.45, 7) is 3.65. The van der Waals surface area contributed by atoms with Crippen LogP contribution in [-0.4, -0.2) is 36.3 Å². The van der Waals surface area contributed by atoms with Crippen LogP contribution in [0.5, 0.6) is 11.5 Å². The Morgan fingerprint density at radius 1 is 0.962 bits per heavy atom. The van der Waals surface area contributed by atoms with Crippen molar-refractivity contribution in [2.45, 2.75) is 32.1 Å². The lowest BCUT2D eigenvalue weighted by atomic mass is 10.0. The van der Waals surface area contributed by atoms with E-state index < -0.39 is 0 Å². The smallest absolute Gasteiger partial charge is 0.161 e. The molecule has 26 heavy (non-hydrogen) atoms. The summed E-state index contributed by atoms with van der Waals surface area (Å²) in [5.41, 5.74) is 2.39. The molecule has 1 aliphatic heterocycles. The molecule has 0 bridgehead atoms. The van der Waals surface area contributed by atoms with Gasteiger partial charge in [-0.15, -0.1) is 0 Å². The fourth-order valence-electron chi connectivity index (χ4n) is 4.42. The maximum absolute atomic E-state index is 9.79. The standard InChI is InChI=1S/C22H27NO3/c1-25-22-9-17(12-23-13-18-10-20(24)11-19(18)14-23)7-8-21(22)26-15-16-5-3-2-4-6-16/h2-9,18-20,24H,10-15H2,1H3/t18-,19+,20?. The van der Waals surface area contributed by atoms with Crippen LogP contribution < -0.4 is 9.47 Å². The van der Waals surface area contributed by atoms with Gasteiger partial charge in [-0.1, -0.05) is 36.4 Å². The predicted octanol–water partition coefficient (Wildman–Crippen LogP) is 3.48. The van der Waals surface area contributed by atoms with E-state index in [4.69, 9.17) is 9.47 Å². The van der Waals surface area contributed by atoms with Gasteiger partial charge in [-0.2, -0.15) is 0 Å². The predicted molar refractivity (Wildman–Crippen MR) is 101 cm³/mol. The van der Waals surface area contributed by atoms with Gasteiger partial charge in [0.05, 0.1) is 13.2 Å². The van der Waals surface area contributed by atoms with Crippen LogP contribution in [0, 0.1) is 11.8 Å². The van der Waals surface area contributed by atoms with Gasteiger partial charge in [0.15, 0.2) is 11.5 Å². The summed E-state index contributed by atoms with van der Waals surface area (Å²) in [7, 11) is 1.69. The molecule has 2 fully saturated rings. The number of nitrogens with zero attached hydrogens (tertiary/aromatic N) is 1. The molecule has 1 saturated carbocycles. The highest BCUT2D eigenvalue weighted by Crippen LogP contribution is 2.39. The van der Waals surface area contributed by atoms with E-state index >= 15 is 0 Å². The van der Waals surface area contributed by atoms with E-state index in [0.717, 1.165) is 49.5 Å². The summed E-state index contributed by atoms with van der Waals surface area (Å²) in [6, 6.07) is 16.4. The average molecular weight is 353 g/mol. The maximum atomic E-state index is 9.79. The molecule has 0 spiro atoms. The Labute approximate surface area is 155 Å². The molecule has 4 heteroatoms. The molecule has 138 valence electrons. The monoisotopic (exact) mass is 353 g/mol. The molecule has 0 amide bonds. The fraction of sp³-hybridized carbons (Fsp3) is 0.455. The molecule has 1 saturated heterocycles. The zero-order chi connectivity index (χ0) is 17.9. The van der Waals surface area contributed by atoms with Crippen LogP contribution in [-0.2, 0) is 13.2 Å². The van der Waals surface area contributed by atoms with Crippen LogP contribution in [0.2, 0.25) is 0 Å². The van der Waals surface area contributed by atoms with Crippen LogP contribution >= 0.6 is 0 Å². The molecule has 1 unspecified atom stereocenters. The first-order valence-corrected chi connectivity index (χ1v) is 9.45.